The molecule has 8 heteroatoms. The zero-order valence-corrected chi connectivity index (χ0v) is 13.2. The van der Waals surface area contributed by atoms with Crippen LogP contribution in [0.25, 0.3) is 0 Å². The monoisotopic (exact) mass is 367 g/mol. The van der Waals surface area contributed by atoms with E-state index in [-0.39, 0.29) is 29.7 Å². The molecular formula is C18H13F4NO3. The maximum absolute atomic E-state index is 14.2. The number of para-hydroxylation sites is 1. The topological polar surface area (TPSA) is 66.4 Å². The van der Waals surface area contributed by atoms with E-state index < -0.39 is 34.8 Å². The van der Waals surface area contributed by atoms with Crippen LogP contribution in [0.5, 0.6) is 0 Å². The number of halogens is 4. The molecule has 136 valence electrons. The maximum atomic E-state index is 14.2. The number of hydrogen-bond donors (Lipinski definition) is 2. The highest BCUT2D eigenvalue weighted by Crippen LogP contribution is 2.50. The Morgan fingerprint density at radius 3 is 2.27 bits per heavy atom. The van der Waals surface area contributed by atoms with Gasteiger partial charge in [0.05, 0.1) is 22.2 Å². The minimum absolute atomic E-state index is 0.0450. The van der Waals surface area contributed by atoms with Gasteiger partial charge in [0, 0.05) is 5.56 Å². The number of benzene rings is 2. The van der Waals surface area contributed by atoms with Crippen LogP contribution in [0.3, 0.4) is 0 Å². The fourth-order valence-electron chi connectivity index (χ4n) is 2.84. The number of nitrogens with one attached hydrogen (secondary N) is 1. The molecule has 1 aliphatic carbocycles. The van der Waals surface area contributed by atoms with Crippen molar-refractivity contribution in [3.05, 3.63) is 65.0 Å². The lowest BCUT2D eigenvalue weighted by Gasteiger charge is -2.18. The van der Waals surface area contributed by atoms with Gasteiger partial charge in [0.1, 0.15) is 5.82 Å². The highest BCUT2D eigenvalue weighted by atomic mass is 19.4. The molecule has 1 amide bonds. The van der Waals surface area contributed by atoms with Gasteiger partial charge in [-0.15, -0.1) is 0 Å². The van der Waals surface area contributed by atoms with E-state index in [1.54, 1.807) is 0 Å². The summed E-state index contributed by atoms with van der Waals surface area (Å²) in [5.74, 6) is -3.00. The maximum Gasteiger partial charge on any atom is 0.416 e. The largest absolute Gasteiger partial charge is 0.478 e. The lowest BCUT2D eigenvalue weighted by molar-refractivity contribution is -0.137. The summed E-state index contributed by atoms with van der Waals surface area (Å²) < 4.78 is 52.3. The number of carboxylic acid groups (broad SMARTS) is 1. The summed E-state index contributed by atoms with van der Waals surface area (Å²) in [5, 5.41) is 11.6. The number of alkyl halides is 3. The van der Waals surface area contributed by atoms with Crippen LogP contribution in [0, 0.1) is 5.82 Å². The molecule has 0 radical (unpaired) electrons. The van der Waals surface area contributed by atoms with Crippen molar-refractivity contribution in [2.45, 2.75) is 24.4 Å². The fraction of sp³-hybridized carbons (Fsp3) is 0.222. The predicted octanol–water partition coefficient (Wildman–Crippen LogP) is 4.21. The molecule has 0 bridgehead atoms. The smallest absolute Gasteiger partial charge is 0.416 e. The summed E-state index contributed by atoms with van der Waals surface area (Å²) in [5.41, 5.74) is -2.64. The summed E-state index contributed by atoms with van der Waals surface area (Å²) >= 11 is 0. The molecule has 0 unspecified atom stereocenters. The van der Waals surface area contributed by atoms with Gasteiger partial charge in [-0.05, 0) is 37.1 Å². The van der Waals surface area contributed by atoms with Crippen molar-refractivity contribution in [3.63, 3.8) is 0 Å². The van der Waals surface area contributed by atoms with E-state index in [0.29, 0.717) is 6.07 Å². The average molecular weight is 367 g/mol. The first kappa shape index (κ1) is 17.9. The molecule has 4 nitrogen and oxygen atoms in total. The van der Waals surface area contributed by atoms with E-state index in [4.69, 9.17) is 5.11 Å². The summed E-state index contributed by atoms with van der Waals surface area (Å²) in [4.78, 5) is 23.8. The fourth-order valence-corrected chi connectivity index (χ4v) is 2.84. The van der Waals surface area contributed by atoms with Gasteiger partial charge in [-0.25, -0.2) is 9.18 Å². The van der Waals surface area contributed by atoms with Gasteiger partial charge in [0.2, 0.25) is 5.91 Å². The van der Waals surface area contributed by atoms with Gasteiger partial charge < -0.3 is 10.4 Å². The summed E-state index contributed by atoms with van der Waals surface area (Å²) in [6.45, 7) is 0. The Labute approximate surface area is 145 Å². The first-order chi connectivity index (χ1) is 12.1. The number of carbonyl (C=O) groups is 2. The molecule has 3 rings (SSSR count). The molecule has 1 fully saturated rings. The highest BCUT2D eigenvalue weighted by Gasteiger charge is 2.53. The van der Waals surface area contributed by atoms with Crippen molar-refractivity contribution >= 4 is 17.6 Å². The van der Waals surface area contributed by atoms with Crippen molar-refractivity contribution in [2.75, 3.05) is 5.32 Å². The number of anilines is 1. The Bertz CT molecular complexity index is 888. The van der Waals surface area contributed by atoms with Crippen LogP contribution in [-0.2, 0) is 16.4 Å². The standard InChI is InChI=1S/C18H13F4NO3/c19-13-9-10(18(20,21)22)5-6-12(13)17(7-8-17)16(26)23-14-4-2-1-3-11(14)15(24)25/h1-6,9H,7-8H2,(H,23,26)(H,24,25). The van der Waals surface area contributed by atoms with Crippen LogP contribution >= 0.6 is 0 Å². The van der Waals surface area contributed by atoms with E-state index in [9.17, 15) is 27.2 Å². The van der Waals surface area contributed by atoms with Crippen LogP contribution < -0.4 is 5.32 Å². The molecule has 2 N–H and O–H groups in total. The van der Waals surface area contributed by atoms with Crippen LogP contribution in [0.4, 0.5) is 23.2 Å². The second kappa shape index (κ2) is 6.12. The summed E-state index contributed by atoms with van der Waals surface area (Å²) in [7, 11) is 0. The number of carboxylic acids is 1. The molecule has 2 aromatic carbocycles. The van der Waals surface area contributed by atoms with Gasteiger partial charge in [-0.3, -0.25) is 4.79 Å². The molecule has 0 aromatic heterocycles. The zero-order valence-electron chi connectivity index (χ0n) is 13.2. The zero-order chi connectivity index (χ0) is 19.1. The van der Waals surface area contributed by atoms with Crippen LogP contribution in [-0.4, -0.2) is 17.0 Å². The summed E-state index contributed by atoms with van der Waals surface area (Å²) in [6.07, 6.45) is -4.16. The minimum atomic E-state index is -4.68. The van der Waals surface area contributed by atoms with Crippen LogP contribution in [0.15, 0.2) is 42.5 Å². The molecule has 2 aromatic rings. The molecular weight excluding hydrogens is 354 g/mol. The van der Waals surface area contributed by atoms with Gasteiger partial charge >= 0.3 is 12.1 Å². The second-order valence-corrected chi connectivity index (χ2v) is 6.08. The minimum Gasteiger partial charge on any atom is -0.478 e. The Morgan fingerprint density at radius 2 is 1.73 bits per heavy atom. The highest BCUT2D eigenvalue weighted by molar-refractivity contribution is 6.05. The third-order valence-corrected chi connectivity index (χ3v) is 4.40. The molecule has 0 saturated heterocycles. The first-order valence-electron chi connectivity index (χ1n) is 7.66. The number of amides is 1. The van der Waals surface area contributed by atoms with Crippen molar-refractivity contribution in [1.82, 2.24) is 0 Å². The van der Waals surface area contributed by atoms with Crippen LogP contribution in [0.2, 0.25) is 0 Å². The van der Waals surface area contributed by atoms with E-state index in [2.05, 4.69) is 5.32 Å². The predicted molar refractivity (Wildman–Crippen MR) is 84.3 cm³/mol. The summed E-state index contributed by atoms with van der Waals surface area (Å²) in [6, 6.07) is 7.78. The van der Waals surface area contributed by atoms with E-state index in [0.717, 1.165) is 12.1 Å². The van der Waals surface area contributed by atoms with Crippen molar-refractivity contribution in [3.8, 4) is 0 Å². The Morgan fingerprint density at radius 1 is 1.08 bits per heavy atom. The van der Waals surface area contributed by atoms with E-state index in [1.807, 2.05) is 0 Å². The quantitative estimate of drug-likeness (QED) is 0.796. The Kier molecular flexibility index (Phi) is 4.21. The van der Waals surface area contributed by atoms with Gasteiger partial charge in [-0.1, -0.05) is 18.2 Å². The number of hydrogen-bond acceptors (Lipinski definition) is 2. The van der Waals surface area contributed by atoms with Gasteiger partial charge in [0.25, 0.3) is 0 Å². The third kappa shape index (κ3) is 3.14. The average Bonchev–Trinajstić information content (AvgIpc) is 3.36. The van der Waals surface area contributed by atoms with Crippen molar-refractivity contribution < 1.29 is 32.3 Å². The molecule has 0 spiro atoms. The molecule has 26 heavy (non-hydrogen) atoms. The number of aromatic carboxylic acids is 1. The SMILES string of the molecule is O=C(O)c1ccccc1NC(=O)C1(c2ccc(C(F)(F)F)cc2F)CC1. The second-order valence-electron chi connectivity index (χ2n) is 6.08. The number of carbonyl (C=O) groups excluding carboxylic acids is 1. The van der Waals surface area contributed by atoms with Crippen LogP contribution in [0.1, 0.15) is 34.3 Å². The van der Waals surface area contributed by atoms with E-state index in [1.165, 1.54) is 24.3 Å². The number of rotatable bonds is 4. The van der Waals surface area contributed by atoms with Gasteiger partial charge in [0.15, 0.2) is 0 Å². The Hall–Kier alpha value is -2.90. The molecule has 0 aliphatic heterocycles. The Balaban J connectivity index is 1.90. The van der Waals surface area contributed by atoms with Gasteiger partial charge in [-0.2, -0.15) is 13.2 Å². The molecule has 1 aliphatic rings. The normalized spacial score (nSPS) is 15.4. The molecule has 0 atom stereocenters. The van der Waals surface area contributed by atoms with Crippen molar-refractivity contribution in [1.29, 1.82) is 0 Å². The lowest BCUT2D eigenvalue weighted by Crippen LogP contribution is -2.29. The lowest BCUT2D eigenvalue weighted by atomic mass is 9.93. The third-order valence-electron chi connectivity index (χ3n) is 4.40. The van der Waals surface area contributed by atoms with Crippen molar-refractivity contribution in [2.24, 2.45) is 0 Å². The van der Waals surface area contributed by atoms with E-state index >= 15 is 0 Å². The first-order valence-corrected chi connectivity index (χ1v) is 7.66. The molecule has 1 saturated carbocycles. The molecule has 0 heterocycles.